The molecule has 1 aromatic carbocycles. The molecule has 1 fully saturated rings. The summed E-state index contributed by atoms with van der Waals surface area (Å²) in [5.74, 6) is 0.882. The van der Waals surface area contributed by atoms with E-state index in [1.807, 2.05) is 18.2 Å². The molecule has 0 radical (unpaired) electrons. The zero-order chi connectivity index (χ0) is 17.4. The standard InChI is InChI=1S/C18H26N4O2.HI/c1-14(15-7-4-3-5-8-15)13-21-18(19-2)20-11-12-22-16(23)9-6-10-17(22)24;/h3-5,7-8,14H,6,9-13H2,1-2H3,(H2,19,20,21);1H. The Bertz CT molecular complexity index is 576. The number of nitrogens with one attached hydrogen (secondary N) is 2. The SMILES string of the molecule is CN=C(NCCN1C(=O)CCCC1=O)NCC(C)c1ccccc1.I. The molecule has 1 aliphatic rings. The first-order chi connectivity index (χ1) is 11.6. The zero-order valence-corrected chi connectivity index (χ0v) is 17.2. The van der Waals surface area contributed by atoms with Crippen molar-refractivity contribution in [3.8, 4) is 0 Å². The molecule has 7 heteroatoms. The van der Waals surface area contributed by atoms with Gasteiger partial charge in [-0.15, -0.1) is 24.0 Å². The number of hydrogen-bond donors (Lipinski definition) is 2. The Morgan fingerprint density at radius 2 is 1.80 bits per heavy atom. The lowest BCUT2D eigenvalue weighted by atomic mass is 10.0. The van der Waals surface area contributed by atoms with E-state index in [0.29, 0.717) is 44.2 Å². The van der Waals surface area contributed by atoms with Crippen molar-refractivity contribution in [2.24, 2.45) is 4.99 Å². The van der Waals surface area contributed by atoms with Crippen molar-refractivity contribution in [2.75, 3.05) is 26.7 Å². The van der Waals surface area contributed by atoms with E-state index in [1.165, 1.54) is 10.5 Å². The molecule has 2 rings (SSSR count). The van der Waals surface area contributed by atoms with Gasteiger partial charge in [0.05, 0.1) is 0 Å². The number of hydrogen-bond acceptors (Lipinski definition) is 3. The maximum Gasteiger partial charge on any atom is 0.229 e. The number of halogens is 1. The molecule has 0 aromatic heterocycles. The second-order valence-electron chi connectivity index (χ2n) is 5.98. The Kier molecular flexibility index (Phi) is 9.48. The highest BCUT2D eigenvalue weighted by molar-refractivity contribution is 14.0. The summed E-state index contributed by atoms with van der Waals surface area (Å²) < 4.78 is 0. The van der Waals surface area contributed by atoms with Crippen LogP contribution in [0, 0.1) is 0 Å². The van der Waals surface area contributed by atoms with Crippen LogP contribution >= 0.6 is 24.0 Å². The maximum absolute atomic E-state index is 11.8. The Morgan fingerprint density at radius 3 is 2.40 bits per heavy atom. The van der Waals surface area contributed by atoms with E-state index in [9.17, 15) is 9.59 Å². The molecular weight excluding hydrogens is 431 g/mol. The Balaban J connectivity index is 0.00000312. The number of likely N-dealkylation sites (tertiary alicyclic amines) is 1. The molecule has 0 saturated carbocycles. The topological polar surface area (TPSA) is 73.8 Å². The summed E-state index contributed by atoms with van der Waals surface area (Å²) in [6.07, 6.45) is 1.60. The molecule has 1 unspecified atom stereocenters. The fraction of sp³-hybridized carbons (Fsp3) is 0.500. The predicted octanol–water partition coefficient (Wildman–Crippen LogP) is 2.11. The summed E-state index contributed by atoms with van der Waals surface area (Å²) in [6, 6.07) is 10.3. The van der Waals surface area contributed by atoms with Gasteiger partial charge in [0.15, 0.2) is 5.96 Å². The van der Waals surface area contributed by atoms with E-state index < -0.39 is 0 Å². The lowest BCUT2D eigenvalue weighted by Crippen LogP contribution is -2.46. The third kappa shape index (κ3) is 6.64. The first-order valence-corrected chi connectivity index (χ1v) is 8.44. The molecular formula is C18H27IN4O2. The van der Waals surface area contributed by atoms with Crippen molar-refractivity contribution in [2.45, 2.75) is 32.1 Å². The summed E-state index contributed by atoms with van der Waals surface area (Å²) in [4.78, 5) is 29.0. The summed E-state index contributed by atoms with van der Waals surface area (Å²) >= 11 is 0. The van der Waals surface area contributed by atoms with Gasteiger partial charge < -0.3 is 10.6 Å². The molecule has 6 nitrogen and oxygen atoms in total. The lowest BCUT2D eigenvalue weighted by molar-refractivity contribution is -0.147. The van der Waals surface area contributed by atoms with E-state index in [2.05, 4.69) is 34.7 Å². The fourth-order valence-electron chi connectivity index (χ4n) is 2.71. The van der Waals surface area contributed by atoms with Crippen LogP contribution in [0.2, 0.25) is 0 Å². The van der Waals surface area contributed by atoms with Gasteiger partial charge in [-0.25, -0.2) is 0 Å². The Morgan fingerprint density at radius 1 is 1.16 bits per heavy atom. The average molecular weight is 458 g/mol. The third-order valence-corrected chi connectivity index (χ3v) is 4.18. The third-order valence-electron chi connectivity index (χ3n) is 4.18. The lowest BCUT2D eigenvalue weighted by Gasteiger charge is -2.25. The van der Waals surface area contributed by atoms with Crippen LogP contribution in [-0.2, 0) is 9.59 Å². The molecule has 1 saturated heterocycles. The minimum atomic E-state index is -0.0753. The van der Waals surface area contributed by atoms with E-state index >= 15 is 0 Å². The minimum Gasteiger partial charge on any atom is -0.356 e. The van der Waals surface area contributed by atoms with Crippen LogP contribution in [0.15, 0.2) is 35.3 Å². The number of rotatable bonds is 6. The van der Waals surface area contributed by atoms with Gasteiger partial charge in [0, 0.05) is 39.5 Å². The summed E-state index contributed by atoms with van der Waals surface area (Å²) in [7, 11) is 1.71. The summed E-state index contributed by atoms with van der Waals surface area (Å²) in [6.45, 7) is 3.79. The molecule has 1 heterocycles. The summed E-state index contributed by atoms with van der Waals surface area (Å²) in [5, 5.41) is 6.44. The van der Waals surface area contributed by atoms with E-state index in [1.54, 1.807) is 7.05 Å². The van der Waals surface area contributed by atoms with Crippen molar-refractivity contribution >= 4 is 41.8 Å². The predicted molar refractivity (Wildman–Crippen MR) is 110 cm³/mol. The zero-order valence-electron chi connectivity index (χ0n) is 14.8. The number of piperidine rings is 1. The quantitative estimate of drug-likeness (QED) is 0.297. The highest BCUT2D eigenvalue weighted by Crippen LogP contribution is 2.13. The van der Waals surface area contributed by atoms with Crippen LogP contribution in [0.4, 0.5) is 0 Å². The monoisotopic (exact) mass is 458 g/mol. The van der Waals surface area contributed by atoms with Crippen LogP contribution in [0.3, 0.4) is 0 Å². The Hall–Kier alpha value is -1.64. The number of guanidine groups is 1. The maximum atomic E-state index is 11.8. The van der Waals surface area contributed by atoms with Crippen LogP contribution in [0.1, 0.15) is 37.7 Å². The number of imide groups is 1. The highest BCUT2D eigenvalue weighted by Gasteiger charge is 2.25. The fourth-order valence-corrected chi connectivity index (χ4v) is 2.71. The number of benzene rings is 1. The first-order valence-electron chi connectivity index (χ1n) is 8.44. The van der Waals surface area contributed by atoms with Gasteiger partial charge >= 0.3 is 0 Å². The van der Waals surface area contributed by atoms with Crippen LogP contribution < -0.4 is 10.6 Å². The van der Waals surface area contributed by atoms with Crippen LogP contribution in [-0.4, -0.2) is 49.4 Å². The van der Waals surface area contributed by atoms with Crippen molar-refractivity contribution in [1.29, 1.82) is 0 Å². The number of aliphatic imine (C=N–C) groups is 1. The largest absolute Gasteiger partial charge is 0.356 e. The van der Waals surface area contributed by atoms with Crippen molar-refractivity contribution < 1.29 is 9.59 Å². The van der Waals surface area contributed by atoms with Gasteiger partial charge in [0.25, 0.3) is 0 Å². The molecule has 1 atom stereocenters. The van der Waals surface area contributed by atoms with E-state index in [-0.39, 0.29) is 35.8 Å². The van der Waals surface area contributed by atoms with E-state index in [4.69, 9.17) is 0 Å². The molecule has 138 valence electrons. The van der Waals surface area contributed by atoms with Gasteiger partial charge in [0.1, 0.15) is 0 Å². The number of carbonyl (C=O) groups is 2. The molecule has 0 bridgehead atoms. The van der Waals surface area contributed by atoms with Gasteiger partial charge in [0.2, 0.25) is 11.8 Å². The van der Waals surface area contributed by atoms with Gasteiger partial charge in [-0.1, -0.05) is 37.3 Å². The van der Waals surface area contributed by atoms with Crippen molar-refractivity contribution in [3.05, 3.63) is 35.9 Å². The van der Waals surface area contributed by atoms with Gasteiger partial charge in [-0.3, -0.25) is 19.5 Å². The molecule has 2 N–H and O–H groups in total. The number of nitrogens with zero attached hydrogens (tertiary/aromatic N) is 2. The van der Waals surface area contributed by atoms with Gasteiger partial charge in [-0.2, -0.15) is 0 Å². The highest BCUT2D eigenvalue weighted by atomic mass is 127. The Labute approximate surface area is 166 Å². The number of amides is 2. The normalized spacial score (nSPS) is 16.2. The molecule has 0 spiro atoms. The molecule has 1 aromatic rings. The molecule has 25 heavy (non-hydrogen) atoms. The van der Waals surface area contributed by atoms with Crippen LogP contribution in [0.25, 0.3) is 0 Å². The van der Waals surface area contributed by atoms with E-state index in [0.717, 1.165) is 6.54 Å². The molecule has 0 aliphatic carbocycles. The van der Waals surface area contributed by atoms with Crippen molar-refractivity contribution in [3.63, 3.8) is 0 Å². The second kappa shape index (κ2) is 11.1. The molecule has 2 amide bonds. The number of carbonyl (C=O) groups excluding carboxylic acids is 2. The van der Waals surface area contributed by atoms with Gasteiger partial charge in [-0.05, 0) is 17.9 Å². The minimum absolute atomic E-state index is 0. The van der Waals surface area contributed by atoms with Crippen LogP contribution in [0.5, 0.6) is 0 Å². The second-order valence-corrected chi connectivity index (χ2v) is 5.98. The smallest absolute Gasteiger partial charge is 0.229 e. The molecule has 1 aliphatic heterocycles. The first kappa shape index (κ1) is 21.4. The summed E-state index contributed by atoms with van der Waals surface area (Å²) in [5.41, 5.74) is 1.27. The van der Waals surface area contributed by atoms with Crippen molar-refractivity contribution in [1.82, 2.24) is 15.5 Å². The average Bonchev–Trinajstić information content (AvgIpc) is 2.60.